The fourth-order valence-corrected chi connectivity index (χ4v) is 3.14. The molecule has 1 atom stereocenters. The van der Waals surface area contributed by atoms with Crippen molar-refractivity contribution in [2.75, 3.05) is 5.43 Å². The van der Waals surface area contributed by atoms with Crippen molar-refractivity contribution in [1.29, 1.82) is 0 Å². The summed E-state index contributed by atoms with van der Waals surface area (Å²) in [5.41, 5.74) is 7.22. The summed E-state index contributed by atoms with van der Waals surface area (Å²) in [7, 11) is 0. The van der Waals surface area contributed by atoms with Crippen LogP contribution in [-0.2, 0) is 0 Å². The minimum Gasteiger partial charge on any atom is -0.477 e. The number of aromatic nitrogens is 2. The van der Waals surface area contributed by atoms with E-state index in [4.69, 9.17) is 5.11 Å². The number of aryl methyl sites for hydroxylation is 3. The monoisotopic (exact) mass is 354 g/mol. The van der Waals surface area contributed by atoms with Crippen LogP contribution < -0.4 is 11.0 Å². The van der Waals surface area contributed by atoms with E-state index in [1.165, 1.54) is 10.1 Å². The smallest absolute Gasteiger partial charge is 0.342 e. The molecule has 2 N–H and O–H groups in total. The van der Waals surface area contributed by atoms with Crippen LogP contribution in [0.15, 0.2) is 28.2 Å². The second kappa shape index (κ2) is 6.74. The van der Waals surface area contributed by atoms with E-state index in [1.54, 1.807) is 0 Å². The van der Waals surface area contributed by atoms with E-state index in [-0.39, 0.29) is 11.6 Å². The third kappa shape index (κ3) is 3.12. The Balaban J connectivity index is 2.02. The molecular weight excluding hydrogens is 332 g/mol. The molecule has 0 saturated heterocycles. The van der Waals surface area contributed by atoms with E-state index in [1.807, 2.05) is 26.8 Å². The molecule has 7 heteroatoms. The van der Waals surface area contributed by atoms with Gasteiger partial charge in [-0.3, -0.25) is 14.8 Å². The Labute approximate surface area is 151 Å². The molecule has 26 heavy (non-hydrogen) atoms. The van der Waals surface area contributed by atoms with Crippen LogP contribution in [0.2, 0.25) is 0 Å². The largest absolute Gasteiger partial charge is 0.477 e. The van der Waals surface area contributed by atoms with E-state index in [2.05, 4.69) is 28.5 Å². The number of hydrogen-bond acceptors (Lipinski definition) is 5. The summed E-state index contributed by atoms with van der Waals surface area (Å²) in [5, 5.41) is 13.6. The number of fused-ring (bicyclic) bond motifs is 1. The maximum absolute atomic E-state index is 12.5. The average molecular weight is 354 g/mol. The Hall–Kier alpha value is -2.96. The lowest BCUT2D eigenvalue weighted by Crippen LogP contribution is -2.37. The first-order valence-corrected chi connectivity index (χ1v) is 8.55. The number of anilines is 1. The summed E-state index contributed by atoms with van der Waals surface area (Å²) < 4.78 is 1.43. The fourth-order valence-electron chi connectivity index (χ4n) is 3.14. The second-order valence-corrected chi connectivity index (χ2v) is 6.79. The van der Waals surface area contributed by atoms with Gasteiger partial charge in [0.15, 0.2) is 5.82 Å². The summed E-state index contributed by atoms with van der Waals surface area (Å²) in [5.74, 6) is -0.842. The summed E-state index contributed by atoms with van der Waals surface area (Å²) >= 11 is 0. The molecule has 0 fully saturated rings. The molecule has 1 aromatic carbocycles. The molecule has 3 rings (SSSR count). The average Bonchev–Trinajstić information content (AvgIpc) is 2.58. The normalized spacial score (nSPS) is 17.8. The Morgan fingerprint density at radius 1 is 1.27 bits per heavy atom. The minimum atomic E-state index is -1.27. The molecule has 1 aliphatic rings. The molecule has 1 aliphatic heterocycles. The van der Waals surface area contributed by atoms with Gasteiger partial charge in [0.2, 0.25) is 0 Å². The van der Waals surface area contributed by atoms with Gasteiger partial charge in [-0.25, -0.2) is 9.78 Å². The van der Waals surface area contributed by atoms with Gasteiger partial charge in [-0.2, -0.15) is 5.10 Å². The third-order valence-electron chi connectivity index (χ3n) is 4.87. The zero-order valence-corrected chi connectivity index (χ0v) is 15.3. The molecule has 0 aliphatic carbocycles. The molecule has 7 nitrogen and oxygen atoms in total. The molecule has 0 amide bonds. The van der Waals surface area contributed by atoms with Gasteiger partial charge in [0.05, 0.1) is 5.69 Å². The number of rotatable bonds is 3. The molecular formula is C19H22N4O3. The topological polar surface area (TPSA) is 96.6 Å². The number of hydrogen-bond donors (Lipinski definition) is 2. The number of benzene rings is 1. The molecule has 2 aromatic rings. The van der Waals surface area contributed by atoms with Crippen LogP contribution in [0, 0.1) is 20.8 Å². The second-order valence-electron chi connectivity index (χ2n) is 6.79. The lowest BCUT2D eigenvalue weighted by molar-refractivity contribution is 0.0693. The van der Waals surface area contributed by atoms with E-state index in [0.717, 1.165) is 23.0 Å². The Morgan fingerprint density at radius 2 is 1.96 bits per heavy atom. The van der Waals surface area contributed by atoms with Crippen LogP contribution in [0.3, 0.4) is 0 Å². The highest BCUT2D eigenvalue weighted by Gasteiger charge is 2.26. The summed E-state index contributed by atoms with van der Waals surface area (Å²) in [4.78, 5) is 27.9. The van der Waals surface area contributed by atoms with Gasteiger partial charge < -0.3 is 5.11 Å². The van der Waals surface area contributed by atoms with E-state index in [9.17, 15) is 9.59 Å². The van der Waals surface area contributed by atoms with Crippen molar-refractivity contribution in [3.63, 3.8) is 0 Å². The van der Waals surface area contributed by atoms with Gasteiger partial charge in [0, 0.05) is 12.2 Å². The first-order valence-electron chi connectivity index (χ1n) is 8.55. The van der Waals surface area contributed by atoms with Crippen LogP contribution in [-0.4, -0.2) is 26.3 Å². The van der Waals surface area contributed by atoms with E-state index in [0.29, 0.717) is 24.4 Å². The lowest BCUT2D eigenvalue weighted by atomic mass is 10.0. The molecule has 1 aromatic heterocycles. The predicted octanol–water partition coefficient (Wildman–Crippen LogP) is 3.04. The maximum Gasteiger partial charge on any atom is 0.342 e. The maximum atomic E-state index is 12.5. The third-order valence-corrected chi connectivity index (χ3v) is 4.87. The van der Waals surface area contributed by atoms with Crippen LogP contribution in [0.1, 0.15) is 58.7 Å². The fraction of sp³-hybridized carbons (Fsp3) is 0.368. The molecule has 136 valence electrons. The van der Waals surface area contributed by atoms with Crippen molar-refractivity contribution in [1.82, 2.24) is 9.55 Å². The van der Waals surface area contributed by atoms with Crippen molar-refractivity contribution in [2.45, 2.75) is 46.6 Å². The molecule has 0 saturated carbocycles. The van der Waals surface area contributed by atoms with Crippen LogP contribution >= 0.6 is 0 Å². The minimum absolute atomic E-state index is 0.119. The predicted molar refractivity (Wildman–Crippen MR) is 100 cm³/mol. The number of carbonyl (C=O) groups is 1. The number of carboxylic acids is 1. The number of aromatic carboxylic acids is 1. The number of hydrazone groups is 1. The lowest BCUT2D eigenvalue weighted by Gasteiger charge is -2.25. The van der Waals surface area contributed by atoms with Crippen LogP contribution in [0.25, 0.3) is 0 Å². The van der Waals surface area contributed by atoms with Crippen molar-refractivity contribution < 1.29 is 9.90 Å². The Kier molecular flexibility index (Phi) is 4.63. The highest BCUT2D eigenvalue weighted by molar-refractivity contribution is 5.99. The number of nitrogens with one attached hydrogen (secondary N) is 1. The van der Waals surface area contributed by atoms with E-state index >= 15 is 0 Å². The SMILES string of the molecule is Cc1cc(C)c(NN=C2CCC(C)n3c2ncc(C(=O)O)c3=O)cc1C. The highest BCUT2D eigenvalue weighted by atomic mass is 16.4. The van der Waals surface area contributed by atoms with Crippen molar-refractivity contribution in [3.05, 3.63) is 56.8 Å². The van der Waals surface area contributed by atoms with Crippen molar-refractivity contribution in [3.8, 4) is 0 Å². The quantitative estimate of drug-likeness (QED) is 0.826. The Bertz CT molecular complexity index is 975. The first kappa shape index (κ1) is 17.8. The molecule has 0 spiro atoms. The molecule has 0 bridgehead atoms. The van der Waals surface area contributed by atoms with Gasteiger partial charge in [-0.15, -0.1) is 0 Å². The van der Waals surface area contributed by atoms with Crippen molar-refractivity contribution in [2.24, 2.45) is 5.10 Å². The molecule has 2 heterocycles. The number of nitrogens with zero attached hydrogens (tertiary/aromatic N) is 3. The first-order chi connectivity index (χ1) is 12.3. The zero-order chi connectivity index (χ0) is 19.0. The summed E-state index contributed by atoms with van der Waals surface area (Å²) in [6.45, 7) is 8.00. The van der Waals surface area contributed by atoms with Crippen LogP contribution in [0.5, 0.6) is 0 Å². The summed E-state index contributed by atoms with van der Waals surface area (Å²) in [6.07, 6.45) is 2.48. The highest BCUT2D eigenvalue weighted by Crippen LogP contribution is 2.24. The van der Waals surface area contributed by atoms with Crippen LogP contribution in [0.4, 0.5) is 5.69 Å². The Morgan fingerprint density at radius 3 is 2.65 bits per heavy atom. The van der Waals surface area contributed by atoms with Gasteiger partial charge >= 0.3 is 5.97 Å². The van der Waals surface area contributed by atoms with Gasteiger partial charge in [0.1, 0.15) is 11.3 Å². The molecule has 0 radical (unpaired) electrons. The van der Waals surface area contributed by atoms with Crippen molar-refractivity contribution >= 4 is 17.4 Å². The van der Waals surface area contributed by atoms with Gasteiger partial charge in [-0.1, -0.05) is 6.07 Å². The summed E-state index contributed by atoms with van der Waals surface area (Å²) in [6, 6.07) is 4.01. The van der Waals surface area contributed by atoms with Gasteiger partial charge in [0.25, 0.3) is 5.56 Å². The van der Waals surface area contributed by atoms with E-state index < -0.39 is 11.5 Å². The number of carboxylic acid groups (broad SMARTS) is 1. The van der Waals surface area contributed by atoms with Gasteiger partial charge in [-0.05, 0) is 63.3 Å². The zero-order valence-electron chi connectivity index (χ0n) is 15.3. The molecule has 1 unspecified atom stereocenters. The standard InChI is InChI=1S/C19H22N4O3/c1-10-7-12(3)16(8-11(10)2)22-21-15-6-5-13(4)23-17(15)20-9-14(18(23)24)19(25)26/h7-9,13,22H,5-6H2,1-4H3,(H,25,26).